The molecule has 1 amide bonds. The smallest absolute Gasteiger partial charge is 0.220 e. The molecule has 122 valence electrons. The molecule has 2 bridgehead atoms. The van der Waals surface area contributed by atoms with Gasteiger partial charge >= 0.3 is 0 Å². The van der Waals surface area contributed by atoms with E-state index in [4.69, 9.17) is 0 Å². The molecule has 2 saturated heterocycles. The quantitative estimate of drug-likeness (QED) is 0.892. The summed E-state index contributed by atoms with van der Waals surface area (Å²) in [7, 11) is 0. The van der Waals surface area contributed by atoms with E-state index in [2.05, 4.69) is 10.6 Å². The molecule has 1 aromatic rings. The Labute approximate surface area is 137 Å². The van der Waals surface area contributed by atoms with Gasteiger partial charge in [-0.2, -0.15) is 0 Å². The molecule has 2 aliphatic heterocycles. The van der Waals surface area contributed by atoms with Gasteiger partial charge in [0.2, 0.25) is 5.91 Å². The molecule has 0 radical (unpaired) electrons. The van der Waals surface area contributed by atoms with Crippen LogP contribution in [0.5, 0.6) is 0 Å². The fourth-order valence-electron chi connectivity index (χ4n) is 3.67. The third-order valence-corrected chi connectivity index (χ3v) is 4.75. The number of rotatable bonds is 4. The summed E-state index contributed by atoms with van der Waals surface area (Å²) in [5, 5.41) is 6.74. The van der Waals surface area contributed by atoms with Gasteiger partial charge in [-0.15, -0.1) is 12.4 Å². The third kappa shape index (κ3) is 4.20. The molecule has 3 rings (SSSR count). The van der Waals surface area contributed by atoms with Gasteiger partial charge in [-0.05, 0) is 49.3 Å². The van der Waals surface area contributed by atoms with Gasteiger partial charge in [0, 0.05) is 24.5 Å². The van der Waals surface area contributed by atoms with Crippen molar-refractivity contribution in [2.24, 2.45) is 0 Å². The van der Waals surface area contributed by atoms with Gasteiger partial charge in [0.15, 0.2) is 0 Å². The molecule has 2 N–H and O–H groups in total. The van der Waals surface area contributed by atoms with E-state index in [0.29, 0.717) is 24.5 Å². The Hall–Kier alpha value is -1.13. The van der Waals surface area contributed by atoms with Crippen LogP contribution < -0.4 is 10.6 Å². The molecule has 0 saturated carbocycles. The lowest BCUT2D eigenvalue weighted by Gasteiger charge is -2.30. The number of carbonyl (C=O) groups excluding carboxylic acids is 1. The van der Waals surface area contributed by atoms with E-state index in [9.17, 15) is 9.18 Å². The first-order valence-corrected chi connectivity index (χ1v) is 7.91. The first kappa shape index (κ1) is 17.2. The molecule has 22 heavy (non-hydrogen) atoms. The average Bonchev–Trinajstić information content (AvgIpc) is 2.77. The fraction of sp³-hybridized carbons (Fsp3) is 0.588. The van der Waals surface area contributed by atoms with Crippen molar-refractivity contribution in [3.05, 3.63) is 35.6 Å². The molecule has 3 atom stereocenters. The molecule has 2 fully saturated rings. The van der Waals surface area contributed by atoms with Crippen LogP contribution in [0.4, 0.5) is 4.39 Å². The molecular formula is C17H24ClFN2O. The summed E-state index contributed by atoms with van der Waals surface area (Å²) < 4.78 is 13.2. The Bertz CT molecular complexity index is 513. The minimum atomic E-state index is -0.241. The second-order valence-electron chi connectivity index (χ2n) is 6.53. The number of nitrogens with one attached hydrogen (secondary N) is 2. The van der Waals surface area contributed by atoms with E-state index in [1.165, 1.54) is 25.0 Å². The standard InChI is InChI=1S/C17H23FN2O.ClH/c1-11(12-3-2-4-13(18)8-12)7-17(21)20-16-9-14-5-6-15(10-16)19-14;/h2-4,8,11,14-16,19H,5-7,9-10H2,1H3,(H,20,21);1H. The summed E-state index contributed by atoms with van der Waals surface area (Å²) >= 11 is 0. The Morgan fingerprint density at radius 1 is 1.36 bits per heavy atom. The van der Waals surface area contributed by atoms with Crippen molar-refractivity contribution in [2.75, 3.05) is 0 Å². The Kier molecular flexibility index (Phi) is 5.81. The van der Waals surface area contributed by atoms with Crippen molar-refractivity contribution in [3.8, 4) is 0 Å². The Balaban J connectivity index is 0.00000176. The largest absolute Gasteiger partial charge is 0.353 e. The molecule has 3 unspecified atom stereocenters. The van der Waals surface area contributed by atoms with E-state index >= 15 is 0 Å². The molecule has 5 heteroatoms. The third-order valence-electron chi connectivity index (χ3n) is 4.75. The maximum absolute atomic E-state index is 13.2. The van der Waals surface area contributed by atoms with Gasteiger partial charge in [-0.3, -0.25) is 4.79 Å². The number of piperidine rings is 1. The number of fused-ring (bicyclic) bond motifs is 2. The molecule has 2 heterocycles. The van der Waals surface area contributed by atoms with Gasteiger partial charge in [0.25, 0.3) is 0 Å². The number of carbonyl (C=O) groups is 1. The molecule has 2 aliphatic rings. The van der Waals surface area contributed by atoms with Crippen molar-refractivity contribution in [1.29, 1.82) is 0 Å². The highest BCUT2D eigenvalue weighted by Gasteiger charge is 2.34. The van der Waals surface area contributed by atoms with E-state index < -0.39 is 0 Å². The molecule has 0 spiro atoms. The van der Waals surface area contributed by atoms with Crippen LogP contribution in [-0.2, 0) is 4.79 Å². The van der Waals surface area contributed by atoms with Crippen molar-refractivity contribution in [1.82, 2.24) is 10.6 Å². The zero-order valence-electron chi connectivity index (χ0n) is 12.8. The average molecular weight is 327 g/mol. The van der Waals surface area contributed by atoms with Crippen molar-refractivity contribution >= 4 is 18.3 Å². The maximum Gasteiger partial charge on any atom is 0.220 e. The number of hydrogen-bond donors (Lipinski definition) is 2. The molecule has 0 aromatic heterocycles. The SMILES string of the molecule is CC(CC(=O)NC1CC2CCC(C1)N2)c1cccc(F)c1.Cl. The summed E-state index contributed by atoms with van der Waals surface area (Å²) in [6.45, 7) is 1.97. The lowest BCUT2D eigenvalue weighted by atomic mass is 9.96. The van der Waals surface area contributed by atoms with Crippen molar-refractivity contribution in [2.45, 2.75) is 63.1 Å². The maximum atomic E-state index is 13.2. The van der Waals surface area contributed by atoms with Gasteiger partial charge in [0.1, 0.15) is 5.82 Å². The first-order chi connectivity index (χ1) is 10.1. The van der Waals surface area contributed by atoms with Crippen LogP contribution >= 0.6 is 12.4 Å². The molecule has 0 aliphatic carbocycles. The van der Waals surface area contributed by atoms with Crippen LogP contribution in [-0.4, -0.2) is 24.0 Å². The van der Waals surface area contributed by atoms with Gasteiger partial charge in [0.05, 0.1) is 0 Å². The van der Waals surface area contributed by atoms with Gasteiger partial charge < -0.3 is 10.6 Å². The molecule has 1 aromatic carbocycles. The number of benzene rings is 1. The lowest BCUT2D eigenvalue weighted by Crippen LogP contribution is -2.48. The van der Waals surface area contributed by atoms with Crippen LogP contribution in [0.1, 0.15) is 50.5 Å². The Morgan fingerprint density at radius 2 is 2.05 bits per heavy atom. The van der Waals surface area contributed by atoms with Crippen molar-refractivity contribution < 1.29 is 9.18 Å². The second-order valence-corrected chi connectivity index (χ2v) is 6.53. The highest BCUT2D eigenvalue weighted by molar-refractivity contribution is 5.85. The summed E-state index contributed by atoms with van der Waals surface area (Å²) in [6, 6.07) is 7.99. The molecule has 3 nitrogen and oxygen atoms in total. The first-order valence-electron chi connectivity index (χ1n) is 7.91. The topological polar surface area (TPSA) is 41.1 Å². The molecular weight excluding hydrogens is 303 g/mol. The summed E-state index contributed by atoms with van der Waals surface area (Å²) in [5.74, 6) is -0.119. The highest BCUT2D eigenvalue weighted by Crippen LogP contribution is 2.27. The van der Waals surface area contributed by atoms with E-state index in [1.807, 2.05) is 13.0 Å². The fourth-order valence-corrected chi connectivity index (χ4v) is 3.67. The van der Waals surface area contributed by atoms with Crippen LogP contribution in [0.25, 0.3) is 0 Å². The lowest BCUT2D eigenvalue weighted by molar-refractivity contribution is -0.122. The normalized spacial score (nSPS) is 27.8. The zero-order valence-corrected chi connectivity index (χ0v) is 13.7. The highest BCUT2D eigenvalue weighted by atomic mass is 35.5. The summed E-state index contributed by atoms with van der Waals surface area (Å²) in [6.07, 6.45) is 4.96. The zero-order chi connectivity index (χ0) is 14.8. The second kappa shape index (κ2) is 7.42. The minimum absolute atomic E-state index is 0. The van der Waals surface area contributed by atoms with Crippen LogP contribution in [0.3, 0.4) is 0 Å². The Morgan fingerprint density at radius 3 is 2.68 bits per heavy atom. The number of amides is 1. The predicted octanol–water partition coefficient (Wildman–Crippen LogP) is 3.14. The number of halogens is 2. The van der Waals surface area contributed by atoms with E-state index in [1.54, 1.807) is 6.07 Å². The number of hydrogen-bond acceptors (Lipinski definition) is 2. The van der Waals surface area contributed by atoms with Crippen LogP contribution in [0.15, 0.2) is 24.3 Å². The van der Waals surface area contributed by atoms with E-state index in [-0.39, 0.29) is 30.0 Å². The van der Waals surface area contributed by atoms with E-state index in [0.717, 1.165) is 18.4 Å². The monoisotopic (exact) mass is 326 g/mol. The minimum Gasteiger partial charge on any atom is -0.353 e. The van der Waals surface area contributed by atoms with Crippen LogP contribution in [0.2, 0.25) is 0 Å². The van der Waals surface area contributed by atoms with Gasteiger partial charge in [-0.25, -0.2) is 4.39 Å². The predicted molar refractivity (Wildman–Crippen MR) is 87.8 cm³/mol. The van der Waals surface area contributed by atoms with Gasteiger partial charge in [-0.1, -0.05) is 19.1 Å². The van der Waals surface area contributed by atoms with Crippen LogP contribution in [0, 0.1) is 5.82 Å². The summed E-state index contributed by atoms with van der Waals surface area (Å²) in [5.41, 5.74) is 0.885. The summed E-state index contributed by atoms with van der Waals surface area (Å²) in [4.78, 5) is 12.2. The van der Waals surface area contributed by atoms with Crippen molar-refractivity contribution in [3.63, 3.8) is 0 Å².